The molecule has 5 heteroatoms. The average Bonchev–Trinajstić information content (AvgIpc) is 2.26. The van der Waals surface area contributed by atoms with Crippen LogP contribution >= 0.6 is 0 Å². The Labute approximate surface area is 87.3 Å². The number of rotatable bonds is 3. The molecule has 1 unspecified atom stereocenters. The number of nitrogens with two attached hydrogens (primary N) is 1. The summed E-state index contributed by atoms with van der Waals surface area (Å²) in [5.74, 6) is -0.0791. The number of hydrogen-bond donors (Lipinski definition) is 3. The highest BCUT2D eigenvalue weighted by molar-refractivity contribution is 5.54. The van der Waals surface area contributed by atoms with Gasteiger partial charge < -0.3 is 20.7 Å². The number of nitrogens with zero attached hydrogens (tertiary/aromatic N) is 1. The molecule has 0 spiro atoms. The zero-order valence-electron chi connectivity index (χ0n) is 8.27. The maximum atomic E-state index is 9.52. The molecule has 1 atom stereocenters. The Balaban J connectivity index is 3.27. The molecule has 0 saturated carbocycles. The van der Waals surface area contributed by atoms with Gasteiger partial charge in [-0.1, -0.05) is 0 Å². The van der Waals surface area contributed by atoms with Gasteiger partial charge in [-0.25, -0.2) is 0 Å². The molecule has 0 aliphatic carbocycles. The normalized spacial score (nSPS) is 11.9. The molecule has 5 nitrogen and oxygen atoms in total. The SMILES string of the molecule is COc1c(O)cc(C(O)CN)cc1C#N. The van der Waals surface area contributed by atoms with Crippen molar-refractivity contribution in [2.75, 3.05) is 13.7 Å². The lowest BCUT2D eigenvalue weighted by molar-refractivity contribution is 0.186. The number of aromatic hydroxyl groups is 1. The molecule has 0 amide bonds. The van der Waals surface area contributed by atoms with Crippen LogP contribution in [0.1, 0.15) is 17.2 Å². The van der Waals surface area contributed by atoms with Crippen molar-refractivity contribution in [2.24, 2.45) is 5.73 Å². The first-order valence-corrected chi connectivity index (χ1v) is 4.33. The van der Waals surface area contributed by atoms with Crippen LogP contribution in [-0.4, -0.2) is 23.9 Å². The molecule has 0 aliphatic rings. The molecule has 15 heavy (non-hydrogen) atoms. The summed E-state index contributed by atoms with van der Waals surface area (Å²) in [6.45, 7) is 0.0244. The molecule has 0 fully saturated rings. The Bertz CT molecular complexity index is 398. The molecule has 0 bridgehead atoms. The number of benzene rings is 1. The number of phenolic OH excluding ortho intramolecular Hbond substituents is 1. The molecule has 1 rings (SSSR count). The fourth-order valence-electron chi connectivity index (χ4n) is 1.26. The Morgan fingerprint density at radius 1 is 1.60 bits per heavy atom. The van der Waals surface area contributed by atoms with E-state index in [9.17, 15) is 10.2 Å². The Kier molecular flexibility index (Phi) is 3.50. The number of phenols is 1. The highest BCUT2D eigenvalue weighted by atomic mass is 16.5. The quantitative estimate of drug-likeness (QED) is 0.661. The van der Waals surface area contributed by atoms with E-state index in [1.807, 2.05) is 6.07 Å². The average molecular weight is 208 g/mol. The van der Waals surface area contributed by atoms with E-state index in [0.717, 1.165) is 0 Å². The predicted octanol–water partition coefficient (Wildman–Crippen LogP) is 0.265. The van der Waals surface area contributed by atoms with Crippen LogP contribution in [0.2, 0.25) is 0 Å². The van der Waals surface area contributed by atoms with Gasteiger partial charge in [0.2, 0.25) is 0 Å². The minimum Gasteiger partial charge on any atom is -0.504 e. The van der Waals surface area contributed by atoms with Crippen molar-refractivity contribution in [3.8, 4) is 17.6 Å². The number of ether oxygens (including phenoxy) is 1. The Morgan fingerprint density at radius 2 is 2.27 bits per heavy atom. The standard InChI is InChI=1S/C10H12N2O3/c1-15-10-7(4-11)2-6(3-8(10)13)9(14)5-12/h2-3,9,13-14H,5,12H2,1H3. The maximum Gasteiger partial charge on any atom is 0.178 e. The first-order valence-electron chi connectivity index (χ1n) is 4.33. The van der Waals surface area contributed by atoms with Crippen LogP contribution in [0.5, 0.6) is 11.5 Å². The van der Waals surface area contributed by atoms with Crippen molar-refractivity contribution in [1.29, 1.82) is 5.26 Å². The lowest BCUT2D eigenvalue weighted by Crippen LogP contribution is -2.11. The van der Waals surface area contributed by atoms with Gasteiger partial charge in [-0.15, -0.1) is 0 Å². The highest BCUT2D eigenvalue weighted by Crippen LogP contribution is 2.32. The van der Waals surface area contributed by atoms with Crippen molar-refractivity contribution in [1.82, 2.24) is 0 Å². The van der Waals surface area contributed by atoms with Gasteiger partial charge in [0, 0.05) is 6.54 Å². The molecule has 0 heterocycles. The third-order valence-corrected chi connectivity index (χ3v) is 2.02. The van der Waals surface area contributed by atoms with E-state index in [1.165, 1.54) is 19.2 Å². The summed E-state index contributed by atoms with van der Waals surface area (Å²) in [6, 6.07) is 4.64. The second-order valence-electron chi connectivity index (χ2n) is 2.98. The fraction of sp³-hybridized carbons (Fsp3) is 0.300. The van der Waals surface area contributed by atoms with Gasteiger partial charge >= 0.3 is 0 Å². The lowest BCUT2D eigenvalue weighted by atomic mass is 10.0. The molecular weight excluding hydrogens is 196 g/mol. The smallest absolute Gasteiger partial charge is 0.178 e. The van der Waals surface area contributed by atoms with E-state index >= 15 is 0 Å². The van der Waals surface area contributed by atoms with E-state index < -0.39 is 6.10 Å². The van der Waals surface area contributed by atoms with Crippen LogP contribution in [0.4, 0.5) is 0 Å². The maximum absolute atomic E-state index is 9.52. The summed E-state index contributed by atoms with van der Waals surface area (Å²) < 4.78 is 4.85. The van der Waals surface area contributed by atoms with E-state index in [1.54, 1.807) is 0 Å². The molecule has 4 N–H and O–H groups in total. The zero-order valence-corrected chi connectivity index (χ0v) is 8.27. The molecule has 0 saturated heterocycles. The summed E-state index contributed by atoms with van der Waals surface area (Å²) >= 11 is 0. The van der Waals surface area contributed by atoms with Crippen LogP contribution < -0.4 is 10.5 Å². The van der Waals surface area contributed by atoms with Crippen molar-refractivity contribution < 1.29 is 14.9 Å². The van der Waals surface area contributed by atoms with Crippen LogP contribution in [0.25, 0.3) is 0 Å². The summed E-state index contributed by atoms with van der Waals surface area (Å²) in [6.07, 6.45) is -0.895. The minimum absolute atomic E-state index is 0.0244. The van der Waals surface area contributed by atoms with Gasteiger partial charge in [-0.3, -0.25) is 0 Å². The van der Waals surface area contributed by atoms with Crippen LogP contribution in [0, 0.1) is 11.3 Å². The predicted molar refractivity (Wildman–Crippen MR) is 53.4 cm³/mol. The first kappa shape index (κ1) is 11.3. The van der Waals surface area contributed by atoms with Gasteiger partial charge in [0.15, 0.2) is 11.5 Å². The Morgan fingerprint density at radius 3 is 2.73 bits per heavy atom. The monoisotopic (exact) mass is 208 g/mol. The lowest BCUT2D eigenvalue weighted by Gasteiger charge is -2.11. The van der Waals surface area contributed by atoms with Crippen molar-refractivity contribution in [2.45, 2.75) is 6.10 Å². The second-order valence-corrected chi connectivity index (χ2v) is 2.98. The van der Waals surface area contributed by atoms with Gasteiger partial charge in [0.1, 0.15) is 6.07 Å². The third-order valence-electron chi connectivity index (χ3n) is 2.02. The zero-order chi connectivity index (χ0) is 11.4. The van der Waals surface area contributed by atoms with Crippen molar-refractivity contribution >= 4 is 0 Å². The highest BCUT2D eigenvalue weighted by Gasteiger charge is 2.14. The van der Waals surface area contributed by atoms with E-state index in [-0.39, 0.29) is 23.6 Å². The molecule has 1 aromatic carbocycles. The summed E-state index contributed by atoms with van der Waals surface area (Å²) in [5, 5.41) is 27.8. The van der Waals surface area contributed by atoms with Gasteiger partial charge in [-0.05, 0) is 17.7 Å². The molecule has 0 aromatic heterocycles. The number of methoxy groups -OCH3 is 1. The topological polar surface area (TPSA) is 99.5 Å². The molecule has 0 radical (unpaired) electrons. The summed E-state index contributed by atoms with van der Waals surface area (Å²) in [4.78, 5) is 0. The van der Waals surface area contributed by atoms with Gasteiger partial charge in [0.25, 0.3) is 0 Å². The minimum atomic E-state index is -0.895. The summed E-state index contributed by atoms with van der Waals surface area (Å²) in [7, 11) is 1.36. The van der Waals surface area contributed by atoms with E-state index in [0.29, 0.717) is 5.56 Å². The van der Waals surface area contributed by atoms with Gasteiger partial charge in [-0.2, -0.15) is 5.26 Å². The molecule has 1 aromatic rings. The first-order chi connectivity index (χ1) is 7.13. The van der Waals surface area contributed by atoms with Crippen LogP contribution in [0.15, 0.2) is 12.1 Å². The largest absolute Gasteiger partial charge is 0.504 e. The third kappa shape index (κ3) is 2.18. The van der Waals surface area contributed by atoms with E-state index in [2.05, 4.69) is 0 Å². The van der Waals surface area contributed by atoms with E-state index in [4.69, 9.17) is 15.7 Å². The second kappa shape index (κ2) is 4.64. The molecular formula is C10H12N2O3. The number of hydrogen-bond acceptors (Lipinski definition) is 5. The number of aliphatic hydroxyl groups is 1. The van der Waals surface area contributed by atoms with Crippen LogP contribution in [0.3, 0.4) is 0 Å². The summed E-state index contributed by atoms with van der Waals surface area (Å²) in [5.41, 5.74) is 5.83. The number of nitriles is 1. The molecule has 80 valence electrons. The van der Waals surface area contributed by atoms with Crippen molar-refractivity contribution in [3.05, 3.63) is 23.3 Å². The van der Waals surface area contributed by atoms with Crippen molar-refractivity contribution in [3.63, 3.8) is 0 Å². The fourth-order valence-corrected chi connectivity index (χ4v) is 1.26. The number of aliphatic hydroxyl groups excluding tert-OH is 1. The van der Waals surface area contributed by atoms with Crippen LogP contribution in [-0.2, 0) is 0 Å². The molecule has 0 aliphatic heterocycles. The van der Waals surface area contributed by atoms with Gasteiger partial charge in [0.05, 0.1) is 18.8 Å². The Hall–Kier alpha value is -1.77.